The van der Waals surface area contributed by atoms with E-state index in [4.69, 9.17) is 4.74 Å². The Labute approximate surface area is 166 Å². The summed E-state index contributed by atoms with van der Waals surface area (Å²) in [4.78, 5) is 28.1. The van der Waals surface area contributed by atoms with E-state index in [0.717, 1.165) is 6.07 Å². The third kappa shape index (κ3) is 5.28. The van der Waals surface area contributed by atoms with Gasteiger partial charge >= 0.3 is 6.18 Å². The Morgan fingerprint density at radius 2 is 1.48 bits per heavy atom. The summed E-state index contributed by atoms with van der Waals surface area (Å²) in [6, 6.07) is 13.7. The molecule has 0 N–H and O–H groups in total. The van der Waals surface area contributed by atoms with Crippen molar-refractivity contribution in [2.45, 2.75) is 12.6 Å². The molecule has 5 nitrogen and oxygen atoms in total. The monoisotopic (exact) mass is 406 g/mol. The van der Waals surface area contributed by atoms with Crippen LogP contribution in [-0.4, -0.2) is 54.4 Å². The average Bonchev–Trinajstić information content (AvgIpc) is 2.98. The normalized spacial score (nSPS) is 15.0. The van der Waals surface area contributed by atoms with Crippen molar-refractivity contribution in [3.05, 3.63) is 65.7 Å². The smallest absolute Gasteiger partial charge is 0.417 e. The van der Waals surface area contributed by atoms with Crippen molar-refractivity contribution < 1.29 is 27.5 Å². The highest BCUT2D eigenvalue weighted by atomic mass is 19.4. The van der Waals surface area contributed by atoms with Crippen molar-refractivity contribution in [2.24, 2.45) is 0 Å². The summed E-state index contributed by atoms with van der Waals surface area (Å²) in [6.45, 7) is 0.990. The van der Waals surface area contributed by atoms with E-state index < -0.39 is 17.6 Å². The minimum Gasteiger partial charge on any atom is -0.484 e. The number of amides is 2. The van der Waals surface area contributed by atoms with E-state index >= 15 is 0 Å². The second kappa shape index (κ2) is 8.98. The number of para-hydroxylation sites is 1. The molecular weight excluding hydrogens is 385 g/mol. The Bertz CT molecular complexity index is 856. The molecule has 0 radical (unpaired) electrons. The Balaban J connectivity index is 1.61. The van der Waals surface area contributed by atoms with Crippen LogP contribution in [0.5, 0.6) is 5.75 Å². The summed E-state index contributed by atoms with van der Waals surface area (Å²) in [5, 5.41) is 0. The van der Waals surface area contributed by atoms with Crippen molar-refractivity contribution in [3.8, 4) is 5.75 Å². The largest absolute Gasteiger partial charge is 0.484 e. The quantitative estimate of drug-likeness (QED) is 0.782. The Hall–Kier alpha value is -3.03. The lowest BCUT2D eigenvalue weighted by molar-refractivity contribution is -0.138. The van der Waals surface area contributed by atoms with Crippen LogP contribution in [0.15, 0.2) is 54.6 Å². The molecule has 154 valence electrons. The lowest BCUT2D eigenvalue weighted by atomic mass is 10.1. The zero-order valence-corrected chi connectivity index (χ0v) is 15.7. The van der Waals surface area contributed by atoms with Crippen LogP contribution in [-0.2, 0) is 11.0 Å². The van der Waals surface area contributed by atoms with Crippen LogP contribution in [0.1, 0.15) is 22.3 Å². The van der Waals surface area contributed by atoms with Crippen LogP contribution in [0.3, 0.4) is 0 Å². The van der Waals surface area contributed by atoms with Gasteiger partial charge in [-0.25, -0.2) is 0 Å². The molecule has 0 bridgehead atoms. The van der Waals surface area contributed by atoms with Gasteiger partial charge in [0.05, 0.1) is 11.1 Å². The van der Waals surface area contributed by atoms with E-state index in [2.05, 4.69) is 0 Å². The van der Waals surface area contributed by atoms with Crippen molar-refractivity contribution in [1.29, 1.82) is 0 Å². The molecule has 0 aliphatic carbocycles. The minimum absolute atomic E-state index is 0.130. The van der Waals surface area contributed by atoms with Crippen LogP contribution < -0.4 is 4.74 Å². The molecule has 0 atom stereocenters. The topological polar surface area (TPSA) is 49.9 Å². The van der Waals surface area contributed by atoms with Gasteiger partial charge in [-0.15, -0.1) is 0 Å². The van der Waals surface area contributed by atoms with Crippen LogP contribution in [0.25, 0.3) is 0 Å². The summed E-state index contributed by atoms with van der Waals surface area (Å²) in [5.41, 5.74) is -1.31. The van der Waals surface area contributed by atoms with Gasteiger partial charge < -0.3 is 14.5 Å². The Morgan fingerprint density at radius 3 is 2.21 bits per heavy atom. The molecule has 2 aromatic rings. The Kier molecular flexibility index (Phi) is 6.41. The van der Waals surface area contributed by atoms with Crippen LogP contribution in [0.2, 0.25) is 0 Å². The molecule has 1 aliphatic heterocycles. The first-order valence-electron chi connectivity index (χ1n) is 9.27. The summed E-state index contributed by atoms with van der Waals surface area (Å²) in [7, 11) is 0. The predicted molar refractivity (Wildman–Crippen MR) is 100 cm³/mol. The molecule has 1 aliphatic rings. The first-order chi connectivity index (χ1) is 13.9. The van der Waals surface area contributed by atoms with Crippen molar-refractivity contribution in [1.82, 2.24) is 9.80 Å². The van der Waals surface area contributed by atoms with Gasteiger partial charge in [-0.3, -0.25) is 9.59 Å². The third-order valence-electron chi connectivity index (χ3n) is 4.70. The molecule has 1 heterocycles. The highest BCUT2D eigenvalue weighted by Gasteiger charge is 2.36. The van der Waals surface area contributed by atoms with Gasteiger partial charge in [0.1, 0.15) is 5.75 Å². The second-order valence-corrected chi connectivity index (χ2v) is 6.67. The summed E-state index contributed by atoms with van der Waals surface area (Å²) in [6.07, 6.45) is -4.12. The molecule has 0 spiro atoms. The third-order valence-corrected chi connectivity index (χ3v) is 4.70. The molecular formula is C21H21F3N2O3. The SMILES string of the molecule is O=C(COc1ccccc1)N1CCCN(C(=O)c2ccccc2C(F)(F)F)CC1. The van der Waals surface area contributed by atoms with E-state index in [1.165, 1.54) is 23.1 Å². The highest BCUT2D eigenvalue weighted by molar-refractivity contribution is 5.96. The molecule has 8 heteroatoms. The molecule has 2 aromatic carbocycles. The van der Waals surface area contributed by atoms with Gasteiger partial charge in [-0.05, 0) is 30.7 Å². The highest BCUT2D eigenvalue weighted by Crippen LogP contribution is 2.32. The first-order valence-corrected chi connectivity index (χ1v) is 9.27. The number of hydrogen-bond donors (Lipinski definition) is 0. The zero-order valence-electron chi connectivity index (χ0n) is 15.7. The van der Waals surface area contributed by atoms with E-state index in [0.29, 0.717) is 18.7 Å². The van der Waals surface area contributed by atoms with Crippen molar-refractivity contribution in [3.63, 3.8) is 0 Å². The fourth-order valence-corrected chi connectivity index (χ4v) is 3.21. The molecule has 0 aromatic heterocycles. The van der Waals surface area contributed by atoms with Gasteiger partial charge in [0.15, 0.2) is 6.61 Å². The molecule has 2 amide bonds. The summed E-state index contributed by atoms with van der Waals surface area (Å²) < 4.78 is 45.1. The first kappa shape index (κ1) is 20.7. The zero-order chi connectivity index (χ0) is 20.9. The van der Waals surface area contributed by atoms with E-state index in [1.807, 2.05) is 6.07 Å². The maximum absolute atomic E-state index is 13.2. The standard InChI is InChI=1S/C21H21F3N2O3/c22-21(23,24)18-10-5-4-9-17(18)20(28)26-12-6-11-25(13-14-26)19(27)15-29-16-7-2-1-3-8-16/h1-5,7-10H,6,11-15H2. The summed E-state index contributed by atoms with van der Waals surface area (Å²) >= 11 is 0. The fourth-order valence-electron chi connectivity index (χ4n) is 3.21. The van der Waals surface area contributed by atoms with Crippen molar-refractivity contribution >= 4 is 11.8 Å². The second-order valence-electron chi connectivity index (χ2n) is 6.67. The molecule has 1 saturated heterocycles. The number of ether oxygens (including phenoxy) is 1. The average molecular weight is 406 g/mol. The van der Waals surface area contributed by atoms with Crippen LogP contribution in [0, 0.1) is 0 Å². The number of carbonyl (C=O) groups excluding carboxylic acids is 2. The number of halogens is 3. The number of benzene rings is 2. The van der Waals surface area contributed by atoms with Gasteiger partial charge in [-0.2, -0.15) is 13.2 Å². The number of hydrogen-bond acceptors (Lipinski definition) is 3. The number of carbonyl (C=O) groups is 2. The van der Waals surface area contributed by atoms with E-state index in [1.54, 1.807) is 29.2 Å². The molecule has 1 fully saturated rings. The van der Waals surface area contributed by atoms with Crippen LogP contribution >= 0.6 is 0 Å². The lowest BCUT2D eigenvalue weighted by Crippen LogP contribution is -2.39. The molecule has 0 unspecified atom stereocenters. The number of alkyl halides is 3. The van der Waals surface area contributed by atoms with Crippen molar-refractivity contribution in [2.75, 3.05) is 32.8 Å². The van der Waals surface area contributed by atoms with Gasteiger partial charge in [-0.1, -0.05) is 30.3 Å². The predicted octanol–water partition coefficient (Wildman–Crippen LogP) is 3.46. The van der Waals surface area contributed by atoms with Crippen LogP contribution in [0.4, 0.5) is 13.2 Å². The van der Waals surface area contributed by atoms with Gasteiger partial charge in [0.2, 0.25) is 0 Å². The summed E-state index contributed by atoms with van der Waals surface area (Å²) in [5.74, 6) is -0.317. The van der Waals surface area contributed by atoms with Gasteiger partial charge in [0.25, 0.3) is 11.8 Å². The molecule has 29 heavy (non-hydrogen) atoms. The molecule has 3 rings (SSSR count). The van der Waals surface area contributed by atoms with Gasteiger partial charge in [0, 0.05) is 26.2 Å². The minimum atomic E-state index is -4.60. The fraction of sp³-hybridized carbons (Fsp3) is 0.333. The molecule has 0 saturated carbocycles. The maximum Gasteiger partial charge on any atom is 0.417 e. The van der Waals surface area contributed by atoms with E-state index in [9.17, 15) is 22.8 Å². The number of nitrogens with zero attached hydrogens (tertiary/aromatic N) is 2. The number of rotatable bonds is 4. The lowest BCUT2D eigenvalue weighted by Gasteiger charge is -2.23. The maximum atomic E-state index is 13.2. The van der Waals surface area contributed by atoms with E-state index in [-0.39, 0.29) is 37.7 Å². The Morgan fingerprint density at radius 1 is 0.862 bits per heavy atom.